The molecule has 1 atom stereocenters. The minimum absolute atomic E-state index is 0.401. The predicted octanol–water partition coefficient (Wildman–Crippen LogP) is 5.22. The molecule has 0 aliphatic heterocycles. The van der Waals surface area contributed by atoms with Crippen LogP contribution in [-0.2, 0) is 0 Å². The van der Waals surface area contributed by atoms with Gasteiger partial charge in [-0.3, -0.25) is 0 Å². The van der Waals surface area contributed by atoms with E-state index in [4.69, 9.17) is 4.74 Å². The summed E-state index contributed by atoms with van der Waals surface area (Å²) in [5.41, 5.74) is 2.40. The third kappa shape index (κ3) is 3.62. The molecule has 0 radical (unpaired) electrons. The van der Waals surface area contributed by atoms with Crippen LogP contribution in [0.25, 0.3) is 0 Å². The van der Waals surface area contributed by atoms with E-state index >= 15 is 0 Å². The molecule has 20 heavy (non-hydrogen) atoms. The van der Waals surface area contributed by atoms with Crippen LogP contribution in [0.2, 0.25) is 0 Å². The molecule has 0 fully saturated rings. The van der Waals surface area contributed by atoms with E-state index in [1.165, 1.54) is 5.56 Å². The zero-order valence-electron chi connectivity index (χ0n) is 12.1. The fourth-order valence-electron chi connectivity index (χ4n) is 2.23. The number of aryl methyl sites for hydroxylation is 1. The smallest absolute Gasteiger partial charge is 0.130 e. The Bertz CT molecular complexity index is 562. The first kappa shape index (κ1) is 15.1. The highest BCUT2D eigenvalue weighted by Crippen LogP contribution is 2.28. The van der Waals surface area contributed by atoms with Crippen LogP contribution < -0.4 is 10.1 Å². The second-order valence-electron chi connectivity index (χ2n) is 4.83. The second-order valence-corrected chi connectivity index (χ2v) is 5.75. The van der Waals surface area contributed by atoms with Crippen molar-refractivity contribution in [3.63, 3.8) is 0 Å². The number of hydrogen-bond acceptors (Lipinski definition) is 2. The van der Waals surface area contributed by atoms with E-state index in [-0.39, 0.29) is 0 Å². The minimum Gasteiger partial charge on any atom is -0.457 e. The van der Waals surface area contributed by atoms with Gasteiger partial charge in [0.05, 0.1) is 0 Å². The first-order chi connectivity index (χ1) is 9.63. The summed E-state index contributed by atoms with van der Waals surface area (Å²) in [5.74, 6) is 1.76. The van der Waals surface area contributed by atoms with Gasteiger partial charge in [0.2, 0.25) is 0 Å². The van der Waals surface area contributed by atoms with Gasteiger partial charge in [-0.1, -0.05) is 35.0 Å². The molecule has 2 aromatic rings. The largest absolute Gasteiger partial charge is 0.457 e. The molecular weight excluding hydrogens is 314 g/mol. The molecule has 0 saturated carbocycles. The van der Waals surface area contributed by atoms with Gasteiger partial charge in [-0.05, 0) is 61.9 Å². The van der Waals surface area contributed by atoms with Crippen LogP contribution in [0.4, 0.5) is 0 Å². The number of hydrogen-bond donors (Lipinski definition) is 1. The molecule has 0 amide bonds. The standard InChI is InChI=1S/C17H20BrNO/c1-4-16(19-3)13-5-8-15(9-6-13)20-17-10-7-14(18)11-12(17)2/h5-11,16,19H,4H2,1-3H3. The molecule has 2 aromatic carbocycles. The first-order valence-electron chi connectivity index (χ1n) is 6.85. The van der Waals surface area contributed by atoms with Crippen LogP contribution in [0, 0.1) is 6.92 Å². The normalized spacial score (nSPS) is 12.2. The number of halogens is 1. The van der Waals surface area contributed by atoms with Crippen LogP contribution in [0.1, 0.15) is 30.5 Å². The molecule has 0 aliphatic carbocycles. The Hall–Kier alpha value is -1.32. The minimum atomic E-state index is 0.401. The Morgan fingerprint density at radius 3 is 2.40 bits per heavy atom. The van der Waals surface area contributed by atoms with Crippen LogP contribution >= 0.6 is 15.9 Å². The molecule has 3 heteroatoms. The SMILES string of the molecule is CCC(NC)c1ccc(Oc2ccc(Br)cc2C)cc1. The van der Waals surface area contributed by atoms with Crippen molar-refractivity contribution in [3.8, 4) is 11.5 Å². The number of rotatable bonds is 5. The lowest BCUT2D eigenvalue weighted by atomic mass is 10.0. The Balaban J connectivity index is 2.14. The van der Waals surface area contributed by atoms with Gasteiger partial charge in [0.1, 0.15) is 11.5 Å². The molecular formula is C17H20BrNO. The van der Waals surface area contributed by atoms with Gasteiger partial charge in [0, 0.05) is 10.5 Å². The van der Waals surface area contributed by atoms with E-state index in [1.54, 1.807) is 0 Å². The van der Waals surface area contributed by atoms with E-state index in [1.807, 2.05) is 38.2 Å². The van der Waals surface area contributed by atoms with Crippen molar-refractivity contribution >= 4 is 15.9 Å². The average Bonchev–Trinajstić information content (AvgIpc) is 2.45. The van der Waals surface area contributed by atoms with Crippen molar-refractivity contribution in [1.82, 2.24) is 5.32 Å². The molecule has 2 rings (SSSR count). The lowest BCUT2D eigenvalue weighted by Gasteiger charge is -2.15. The third-order valence-electron chi connectivity index (χ3n) is 3.40. The zero-order valence-corrected chi connectivity index (χ0v) is 13.7. The van der Waals surface area contributed by atoms with Crippen molar-refractivity contribution in [2.24, 2.45) is 0 Å². The maximum Gasteiger partial charge on any atom is 0.130 e. The van der Waals surface area contributed by atoms with E-state index in [2.05, 4.69) is 46.4 Å². The Morgan fingerprint density at radius 2 is 1.85 bits per heavy atom. The van der Waals surface area contributed by atoms with Crippen molar-refractivity contribution < 1.29 is 4.74 Å². The third-order valence-corrected chi connectivity index (χ3v) is 3.90. The fraction of sp³-hybridized carbons (Fsp3) is 0.294. The summed E-state index contributed by atoms with van der Waals surface area (Å²) in [6, 6.07) is 14.7. The van der Waals surface area contributed by atoms with Crippen molar-refractivity contribution in [2.45, 2.75) is 26.3 Å². The topological polar surface area (TPSA) is 21.3 Å². The predicted molar refractivity (Wildman–Crippen MR) is 87.5 cm³/mol. The van der Waals surface area contributed by atoms with Crippen LogP contribution in [0.15, 0.2) is 46.9 Å². The highest BCUT2D eigenvalue weighted by Gasteiger charge is 2.07. The maximum atomic E-state index is 5.92. The number of ether oxygens (including phenoxy) is 1. The van der Waals surface area contributed by atoms with Crippen molar-refractivity contribution in [1.29, 1.82) is 0 Å². The van der Waals surface area contributed by atoms with Crippen molar-refractivity contribution in [3.05, 3.63) is 58.1 Å². The Morgan fingerprint density at radius 1 is 1.15 bits per heavy atom. The lowest BCUT2D eigenvalue weighted by molar-refractivity contribution is 0.477. The monoisotopic (exact) mass is 333 g/mol. The molecule has 0 spiro atoms. The summed E-state index contributed by atoms with van der Waals surface area (Å²) < 4.78 is 6.99. The molecule has 1 unspecified atom stereocenters. The molecule has 2 nitrogen and oxygen atoms in total. The molecule has 0 saturated heterocycles. The van der Waals surface area contributed by atoms with E-state index in [0.29, 0.717) is 6.04 Å². The first-order valence-corrected chi connectivity index (χ1v) is 7.64. The van der Waals surface area contributed by atoms with Gasteiger partial charge < -0.3 is 10.1 Å². The van der Waals surface area contributed by atoms with Gasteiger partial charge in [-0.2, -0.15) is 0 Å². The molecule has 106 valence electrons. The van der Waals surface area contributed by atoms with E-state index in [0.717, 1.165) is 28.0 Å². The van der Waals surface area contributed by atoms with Gasteiger partial charge in [-0.15, -0.1) is 0 Å². The molecule has 0 heterocycles. The van der Waals surface area contributed by atoms with Gasteiger partial charge in [0.25, 0.3) is 0 Å². The maximum absolute atomic E-state index is 5.92. The number of nitrogens with one attached hydrogen (secondary N) is 1. The van der Waals surface area contributed by atoms with Crippen LogP contribution in [-0.4, -0.2) is 7.05 Å². The zero-order chi connectivity index (χ0) is 14.5. The summed E-state index contributed by atoms with van der Waals surface area (Å²) in [6.45, 7) is 4.22. The van der Waals surface area contributed by atoms with Gasteiger partial charge in [0.15, 0.2) is 0 Å². The molecule has 0 bridgehead atoms. The Kier molecular flexibility index (Phi) is 5.21. The van der Waals surface area contributed by atoms with Crippen molar-refractivity contribution in [2.75, 3.05) is 7.05 Å². The molecule has 0 aromatic heterocycles. The second kappa shape index (κ2) is 6.91. The van der Waals surface area contributed by atoms with Crippen LogP contribution in [0.5, 0.6) is 11.5 Å². The summed E-state index contributed by atoms with van der Waals surface area (Å²) >= 11 is 3.46. The summed E-state index contributed by atoms with van der Waals surface area (Å²) in [6.07, 6.45) is 1.07. The average molecular weight is 334 g/mol. The number of benzene rings is 2. The van der Waals surface area contributed by atoms with Gasteiger partial charge in [-0.25, -0.2) is 0 Å². The van der Waals surface area contributed by atoms with E-state index in [9.17, 15) is 0 Å². The van der Waals surface area contributed by atoms with E-state index < -0.39 is 0 Å². The highest BCUT2D eigenvalue weighted by molar-refractivity contribution is 9.10. The molecule has 0 aliphatic rings. The summed E-state index contributed by atoms with van der Waals surface area (Å²) in [4.78, 5) is 0. The summed E-state index contributed by atoms with van der Waals surface area (Å²) in [7, 11) is 1.99. The highest BCUT2D eigenvalue weighted by atomic mass is 79.9. The summed E-state index contributed by atoms with van der Waals surface area (Å²) in [5, 5.41) is 3.31. The quantitative estimate of drug-likeness (QED) is 0.809. The lowest BCUT2D eigenvalue weighted by Crippen LogP contribution is -2.14. The molecule has 1 N–H and O–H groups in total. The van der Waals surface area contributed by atoms with Crippen LogP contribution in [0.3, 0.4) is 0 Å². The Labute approximate surface area is 129 Å². The fourth-order valence-corrected chi connectivity index (χ4v) is 2.70. The van der Waals surface area contributed by atoms with Gasteiger partial charge >= 0.3 is 0 Å².